The van der Waals surface area contributed by atoms with Crippen LogP contribution < -0.4 is 10.9 Å². The van der Waals surface area contributed by atoms with Crippen molar-refractivity contribution >= 4 is 22.8 Å². The van der Waals surface area contributed by atoms with E-state index in [9.17, 15) is 14.4 Å². The first-order chi connectivity index (χ1) is 13.9. The van der Waals surface area contributed by atoms with Crippen LogP contribution in [0, 0.1) is 5.92 Å². The molecular formula is C22H23N3O4. The van der Waals surface area contributed by atoms with Crippen molar-refractivity contribution in [3.63, 3.8) is 0 Å². The average Bonchev–Trinajstić information content (AvgIpc) is 2.73. The first-order valence-corrected chi connectivity index (χ1v) is 9.36. The number of fused-ring (bicyclic) bond motifs is 1. The van der Waals surface area contributed by atoms with E-state index in [2.05, 4.69) is 10.3 Å². The van der Waals surface area contributed by atoms with Crippen molar-refractivity contribution in [1.82, 2.24) is 14.9 Å². The van der Waals surface area contributed by atoms with E-state index in [1.165, 1.54) is 18.0 Å². The number of ether oxygens (including phenoxy) is 1. The molecule has 0 aliphatic rings. The number of rotatable bonds is 6. The maximum absolute atomic E-state index is 12.7. The Morgan fingerprint density at radius 2 is 1.79 bits per heavy atom. The Kier molecular flexibility index (Phi) is 6.07. The fraction of sp³-hybridized carbons (Fsp3) is 0.273. The molecule has 3 aromatic rings. The molecule has 7 heteroatoms. The van der Waals surface area contributed by atoms with Crippen LogP contribution in [0.4, 0.5) is 0 Å². The van der Waals surface area contributed by atoms with Crippen molar-refractivity contribution in [3.8, 4) is 5.69 Å². The molecule has 1 heterocycles. The lowest BCUT2D eigenvalue weighted by molar-refractivity contribution is -0.143. The minimum absolute atomic E-state index is 0.185. The summed E-state index contributed by atoms with van der Waals surface area (Å²) < 4.78 is 6.21. The minimum Gasteiger partial charge on any atom is -0.467 e. The smallest absolute Gasteiger partial charge is 0.328 e. The minimum atomic E-state index is -0.709. The van der Waals surface area contributed by atoms with Gasteiger partial charge >= 0.3 is 5.97 Å². The largest absolute Gasteiger partial charge is 0.467 e. The lowest BCUT2D eigenvalue weighted by Gasteiger charge is -2.18. The van der Waals surface area contributed by atoms with Crippen molar-refractivity contribution in [2.24, 2.45) is 5.92 Å². The SMILES string of the molecule is COC(=O)[C@H](CC(C)C)NC(=O)c1ccc(-n2cnc3ccccc3c2=O)cc1. The molecule has 0 spiro atoms. The van der Waals surface area contributed by atoms with E-state index >= 15 is 0 Å². The normalized spacial score (nSPS) is 12.0. The van der Waals surface area contributed by atoms with Crippen LogP contribution in [0.3, 0.4) is 0 Å². The zero-order valence-electron chi connectivity index (χ0n) is 16.6. The summed E-state index contributed by atoms with van der Waals surface area (Å²) in [6, 6.07) is 13.0. The van der Waals surface area contributed by atoms with Gasteiger partial charge < -0.3 is 10.1 Å². The fourth-order valence-corrected chi connectivity index (χ4v) is 3.10. The zero-order chi connectivity index (χ0) is 21.0. The number of nitrogens with zero attached hydrogens (tertiary/aromatic N) is 2. The number of nitrogens with one attached hydrogen (secondary N) is 1. The number of aromatic nitrogens is 2. The second kappa shape index (κ2) is 8.68. The standard InChI is InChI=1S/C22H23N3O4/c1-14(2)12-19(22(28)29-3)24-20(26)15-8-10-16(11-9-15)25-13-23-18-7-5-4-6-17(18)21(25)27/h4-11,13-14,19H,12H2,1-3H3,(H,24,26)/t19-/m0/s1. The molecule has 0 saturated carbocycles. The summed E-state index contributed by atoms with van der Waals surface area (Å²) in [6.45, 7) is 3.93. The molecule has 2 aromatic carbocycles. The Hall–Kier alpha value is -3.48. The summed E-state index contributed by atoms with van der Waals surface area (Å²) in [5, 5.41) is 3.24. The second-order valence-corrected chi connectivity index (χ2v) is 7.16. The van der Waals surface area contributed by atoms with Crippen molar-refractivity contribution in [1.29, 1.82) is 0 Å². The Morgan fingerprint density at radius 3 is 2.45 bits per heavy atom. The van der Waals surface area contributed by atoms with Crippen LogP contribution in [0.2, 0.25) is 0 Å². The summed E-state index contributed by atoms with van der Waals surface area (Å²) >= 11 is 0. The van der Waals surface area contributed by atoms with E-state index in [0.29, 0.717) is 28.6 Å². The van der Waals surface area contributed by atoms with Crippen molar-refractivity contribution in [2.75, 3.05) is 7.11 Å². The molecule has 1 N–H and O–H groups in total. The Balaban J connectivity index is 1.83. The van der Waals surface area contributed by atoms with Gasteiger partial charge in [-0.25, -0.2) is 9.78 Å². The van der Waals surface area contributed by atoms with Gasteiger partial charge in [0, 0.05) is 5.56 Å². The van der Waals surface area contributed by atoms with Crippen LogP contribution in [0.5, 0.6) is 0 Å². The molecule has 0 radical (unpaired) electrons. The highest BCUT2D eigenvalue weighted by Gasteiger charge is 2.23. The zero-order valence-corrected chi connectivity index (χ0v) is 16.6. The Labute approximate surface area is 168 Å². The lowest BCUT2D eigenvalue weighted by atomic mass is 10.0. The third-order valence-corrected chi connectivity index (χ3v) is 4.57. The quantitative estimate of drug-likeness (QED) is 0.651. The number of carbonyl (C=O) groups excluding carboxylic acids is 2. The summed E-state index contributed by atoms with van der Waals surface area (Å²) in [5.41, 5.74) is 1.42. The predicted molar refractivity (Wildman–Crippen MR) is 110 cm³/mol. The summed E-state index contributed by atoms with van der Waals surface area (Å²) in [6.07, 6.45) is 1.95. The van der Waals surface area contributed by atoms with Gasteiger partial charge in [0.05, 0.1) is 23.7 Å². The molecule has 0 unspecified atom stereocenters. The number of hydrogen-bond acceptors (Lipinski definition) is 5. The lowest BCUT2D eigenvalue weighted by Crippen LogP contribution is -2.42. The van der Waals surface area contributed by atoms with Gasteiger partial charge in [-0.3, -0.25) is 14.2 Å². The summed E-state index contributed by atoms with van der Waals surface area (Å²) in [5.74, 6) is -0.636. The number of carbonyl (C=O) groups is 2. The second-order valence-electron chi connectivity index (χ2n) is 7.16. The molecule has 1 amide bonds. The number of esters is 1. The van der Waals surface area contributed by atoms with Gasteiger partial charge in [0.2, 0.25) is 0 Å². The van der Waals surface area contributed by atoms with E-state index in [1.54, 1.807) is 42.5 Å². The number of benzene rings is 2. The molecule has 150 valence electrons. The fourth-order valence-electron chi connectivity index (χ4n) is 3.10. The molecule has 3 rings (SSSR count). The molecule has 0 saturated heterocycles. The maximum atomic E-state index is 12.7. The van der Waals surface area contributed by atoms with Gasteiger partial charge in [-0.1, -0.05) is 26.0 Å². The van der Waals surface area contributed by atoms with Gasteiger partial charge in [0.25, 0.3) is 11.5 Å². The highest BCUT2D eigenvalue weighted by molar-refractivity contribution is 5.96. The molecule has 7 nitrogen and oxygen atoms in total. The molecule has 29 heavy (non-hydrogen) atoms. The molecule has 0 aliphatic heterocycles. The van der Waals surface area contributed by atoms with E-state index in [4.69, 9.17) is 4.74 Å². The molecule has 1 atom stereocenters. The van der Waals surface area contributed by atoms with Gasteiger partial charge in [0.1, 0.15) is 12.4 Å². The third-order valence-electron chi connectivity index (χ3n) is 4.57. The van der Waals surface area contributed by atoms with E-state index < -0.39 is 12.0 Å². The van der Waals surface area contributed by atoms with E-state index in [0.717, 1.165) is 0 Å². The highest BCUT2D eigenvalue weighted by atomic mass is 16.5. The molecule has 1 aromatic heterocycles. The van der Waals surface area contributed by atoms with Gasteiger partial charge in [-0.05, 0) is 48.7 Å². The van der Waals surface area contributed by atoms with Crippen molar-refractivity contribution in [3.05, 3.63) is 70.8 Å². The van der Waals surface area contributed by atoms with Crippen LogP contribution in [0.25, 0.3) is 16.6 Å². The molecular weight excluding hydrogens is 370 g/mol. The van der Waals surface area contributed by atoms with Crippen molar-refractivity contribution < 1.29 is 14.3 Å². The van der Waals surface area contributed by atoms with Gasteiger partial charge in [-0.2, -0.15) is 0 Å². The topological polar surface area (TPSA) is 90.3 Å². The Bertz CT molecular complexity index is 1090. The first kappa shape index (κ1) is 20.3. The Morgan fingerprint density at radius 1 is 1.10 bits per heavy atom. The van der Waals surface area contributed by atoms with Crippen LogP contribution in [0.15, 0.2) is 59.7 Å². The van der Waals surface area contributed by atoms with Crippen LogP contribution >= 0.6 is 0 Å². The third kappa shape index (κ3) is 4.51. The molecule has 0 fully saturated rings. The van der Waals surface area contributed by atoms with E-state index in [-0.39, 0.29) is 17.4 Å². The van der Waals surface area contributed by atoms with Gasteiger partial charge in [0.15, 0.2) is 0 Å². The summed E-state index contributed by atoms with van der Waals surface area (Å²) in [7, 11) is 1.30. The number of para-hydroxylation sites is 1. The van der Waals surface area contributed by atoms with Gasteiger partial charge in [-0.15, -0.1) is 0 Å². The number of methoxy groups -OCH3 is 1. The first-order valence-electron chi connectivity index (χ1n) is 9.36. The number of hydrogen-bond donors (Lipinski definition) is 1. The van der Waals surface area contributed by atoms with Crippen LogP contribution in [0.1, 0.15) is 30.6 Å². The predicted octanol–water partition coefficient (Wildman–Crippen LogP) is 2.70. The molecule has 0 aliphatic carbocycles. The van der Waals surface area contributed by atoms with Crippen molar-refractivity contribution in [2.45, 2.75) is 26.3 Å². The van der Waals surface area contributed by atoms with Crippen LogP contribution in [-0.4, -0.2) is 34.6 Å². The average molecular weight is 393 g/mol. The van der Waals surface area contributed by atoms with Crippen LogP contribution in [-0.2, 0) is 9.53 Å². The maximum Gasteiger partial charge on any atom is 0.328 e. The number of amides is 1. The van der Waals surface area contributed by atoms with E-state index in [1.807, 2.05) is 19.9 Å². The summed E-state index contributed by atoms with van der Waals surface area (Å²) in [4.78, 5) is 41.5. The molecule has 0 bridgehead atoms. The highest BCUT2D eigenvalue weighted by Crippen LogP contribution is 2.12. The monoisotopic (exact) mass is 393 g/mol.